The average molecular weight is 217 g/mol. The van der Waals surface area contributed by atoms with Crippen molar-refractivity contribution in [2.45, 2.75) is 44.4 Å². The number of rotatable bonds is 2. The van der Waals surface area contributed by atoms with Gasteiger partial charge in [-0.25, -0.2) is 0 Å². The van der Waals surface area contributed by atoms with Gasteiger partial charge >= 0.3 is 0 Å². The molecule has 2 heterocycles. The Balaban J connectivity index is 1.80. The lowest BCUT2D eigenvalue weighted by molar-refractivity contribution is 0.0885. The maximum atomic E-state index is 6.38. The second-order valence-electron chi connectivity index (χ2n) is 5.21. The van der Waals surface area contributed by atoms with Crippen LogP contribution in [0, 0.1) is 12.8 Å². The van der Waals surface area contributed by atoms with Gasteiger partial charge in [-0.15, -0.1) is 0 Å². The third-order valence-electron chi connectivity index (χ3n) is 4.04. The minimum atomic E-state index is 0.148. The molecule has 2 heteroatoms. The highest BCUT2D eigenvalue weighted by atomic mass is 16.5. The number of nitrogens with two attached hydrogens (primary N) is 1. The standard InChI is InChI=1S/C14H19NO/c1-9-3-2-4-10(7-9)14(15)12-8-11-5-6-13(12)16-11/h2-4,7,11-14H,5-6,8,15H2,1H3. The molecule has 0 aliphatic carbocycles. The molecule has 4 atom stereocenters. The average Bonchev–Trinajstić information content (AvgIpc) is 2.89. The molecule has 1 aromatic carbocycles. The minimum absolute atomic E-state index is 0.148. The van der Waals surface area contributed by atoms with E-state index in [4.69, 9.17) is 10.5 Å². The molecule has 0 radical (unpaired) electrons. The van der Waals surface area contributed by atoms with E-state index in [1.165, 1.54) is 24.0 Å². The van der Waals surface area contributed by atoms with Gasteiger partial charge in [0.1, 0.15) is 0 Å². The number of hydrogen-bond acceptors (Lipinski definition) is 2. The molecule has 2 nitrogen and oxygen atoms in total. The van der Waals surface area contributed by atoms with E-state index in [2.05, 4.69) is 31.2 Å². The second-order valence-corrected chi connectivity index (χ2v) is 5.21. The maximum Gasteiger partial charge on any atom is 0.0627 e. The lowest BCUT2D eigenvalue weighted by Gasteiger charge is -2.25. The van der Waals surface area contributed by atoms with Crippen LogP contribution in [0.15, 0.2) is 24.3 Å². The zero-order valence-electron chi connectivity index (χ0n) is 9.73. The zero-order chi connectivity index (χ0) is 11.1. The normalized spacial score (nSPS) is 34.2. The first-order valence-electron chi connectivity index (χ1n) is 6.21. The first-order chi connectivity index (χ1) is 7.74. The van der Waals surface area contributed by atoms with E-state index in [-0.39, 0.29) is 6.04 Å². The maximum absolute atomic E-state index is 6.38. The molecule has 2 fully saturated rings. The quantitative estimate of drug-likeness (QED) is 0.826. The van der Waals surface area contributed by atoms with E-state index in [1.807, 2.05) is 0 Å². The molecule has 86 valence electrons. The van der Waals surface area contributed by atoms with Crippen molar-refractivity contribution in [1.29, 1.82) is 0 Å². The Labute approximate surface area is 96.8 Å². The Morgan fingerprint density at radius 3 is 2.88 bits per heavy atom. The van der Waals surface area contributed by atoms with Gasteiger partial charge in [0.2, 0.25) is 0 Å². The summed E-state index contributed by atoms with van der Waals surface area (Å²) < 4.78 is 5.88. The predicted molar refractivity (Wildman–Crippen MR) is 64.1 cm³/mol. The largest absolute Gasteiger partial charge is 0.375 e. The number of ether oxygens (including phenoxy) is 1. The molecule has 1 aromatic rings. The summed E-state index contributed by atoms with van der Waals surface area (Å²) >= 11 is 0. The highest BCUT2D eigenvalue weighted by Crippen LogP contribution is 2.43. The molecule has 3 rings (SSSR count). The smallest absolute Gasteiger partial charge is 0.0627 e. The molecular weight excluding hydrogens is 198 g/mol. The summed E-state index contributed by atoms with van der Waals surface area (Å²) in [7, 11) is 0. The van der Waals surface area contributed by atoms with Crippen molar-refractivity contribution < 1.29 is 4.74 Å². The van der Waals surface area contributed by atoms with Crippen molar-refractivity contribution >= 4 is 0 Å². The van der Waals surface area contributed by atoms with Crippen molar-refractivity contribution in [1.82, 2.24) is 0 Å². The highest BCUT2D eigenvalue weighted by molar-refractivity contribution is 5.26. The Morgan fingerprint density at radius 2 is 2.25 bits per heavy atom. The summed E-state index contributed by atoms with van der Waals surface area (Å²) in [4.78, 5) is 0. The summed E-state index contributed by atoms with van der Waals surface area (Å²) in [6.45, 7) is 2.12. The van der Waals surface area contributed by atoms with Gasteiger partial charge in [-0.1, -0.05) is 29.8 Å². The summed E-state index contributed by atoms with van der Waals surface area (Å²) in [5.74, 6) is 0.528. The molecule has 2 aliphatic rings. The van der Waals surface area contributed by atoms with E-state index in [1.54, 1.807) is 0 Å². The molecule has 4 unspecified atom stereocenters. The molecule has 2 bridgehead atoms. The van der Waals surface area contributed by atoms with Crippen molar-refractivity contribution in [3.05, 3.63) is 35.4 Å². The van der Waals surface area contributed by atoms with Crippen LogP contribution in [-0.4, -0.2) is 12.2 Å². The third-order valence-corrected chi connectivity index (χ3v) is 4.04. The Morgan fingerprint density at radius 1 is 1.38 bits per heavy atom. The minimum Gasteiger partial charge on any atom is -0.375 e. The van der Waals surface area contributed by atoms with Gasteiger partial charge in [-0.05, 0) is 31.7 Å². The van der Waals surface area contributed by atoms with E-state index >= 15 is 0 Å². The van der Waals surface area contributed by atoms with E-state index in [9.17, 15) is 0 Å². The zero-order valence-corrected chi connectivity index (χ0v) is 9.73. The fourth-order valence-electron chi connectivity index (χ4n) is 3.18. The molecule has 16 heavy (non-hydrogen) atoms. The van der Waals surface area contributed by atoms with Crippen LogP contribution in [-0.2, 0) is 4.74 Å². The van der Waals surface area contributed by atoms with E-state index < -0.39 is 0 Å². The number of benzene rings is 1. The molecule has 0 saturated carbocycles. The molecule has 0 aromatic heterocycles. The lowest BCUT2D eigenvalue weighted by atomic mass is 9.81. The lowest BCUT2D eigenvalue weighted by Crippen LogP contribution is -2.29. The number of fused-ring (bicyclic) bond motifs is 2. The van der Waals surface area contributed by atoms with Gasteiger partial charge < -0.3 is 10.5 Å². The molecular formula is C14H19NO. The predicted octanol–water partition coefficient (Wildman–Crippen LogP) is 2.56. The van der Waals surface area contributed by atoms with E-state index in [0.717, 1.165) is 6.42 Å². The van der Waals surface area contributed by atoms with Gasteiger partial charge in [0, 0.05) is 12.0 Å². The van der Waals surface area contributed by atoms with Crippen LogP contribution in [0.5, 0.6) is 0 Å². The topological polar surface area (TPSA) is 35.2 Å². The highest BCUT2D eigenvalue weighted by Gasteiger charge is 2.43. The summed E-state index contributed by atoms with van der Waals surface area (Å²) in [6.07, 6.45) is 4.50. The van der Waals surface area contributed by atoms with Gasteiger partial charge in [-0.2, -0.15) is 0 Å². The van der Waals surface area contributed by atoms with Crippen LogP contribution < -0.4 is 5.73 Å². The Bertz CT molecular complexity index is 390. The Hall–Kier alpha value is -0.860. The van der Waals surface area contributed by atoms with Crippen LogP contribution in [0.3, 0.4) is 0 Å². The van der Waals surface area contributed by atoms with Gasteiger partial charge in [0.25, 0.3) is 0 Å². The first kappa shape index (κ1) is 10.3. The van der Waals surface area contributed by atoms with Crippen LogP contribution >= 0.6 is 0 Å². The Kier molecular flexibility index (Phi) is 2.49. The SMILES string of the molecule is Cc1cccc(C(N)C2CC3CCC2O3)c1. The summed E-state index contributed by atoms with van der Waals surface area (Å²) in [5.41, 5.74) is 8.93. The second kappa shape index (κ2) is 3.86. The van der Waals surface area contributed by atoms with Crippen molar-refractivity contribution in [3.8, 4) is 0 Å². The molecule has 2 N–H and O–H groups in total. The molecule has 2 aliphatic heterocycles. The first-order valence-corrected chi connectivity index (χ1v) is 6.21. The molecule has 0 amide bonds. The van der Waals surface area contributed by atoms with Crippen LogP contribution in [0.25, 0.3) is 0 Å². The fourth-order valence-corrected chi connectivity index (χ4v) is 3.18. The van der Waals surface area contributed by atoms with Crippen LogP contribution in [0.4, 0.5) is 0 Å². The summed E-state index contributed by atoms with van der Waals surface area (Å²) in [6, 6.07) is 8.71. The van der Waals surface area contributed by atoms with E-state index in [0.29, 0.717) is 18.1 Å². The van der Waals surface area contributed by atoms with Crippen molar-refractivity contribution in [3.63, 3.8) is 0 Å². The molecule has 2 saturated heterocycles. The van der Waals surface area contributed by atoms with Crippen LogP contribution in [0.1, 0.15) is 36.4 Å². The van der Waals surface area contributed by atoms with Crippen molar-refractivity contribution in [2.24, 2.45) is 11.7 Å². The van der Waals surface area contributed by atoms with Crippen molar-refractivity contribution in [2.75, 3.05) is 0 Å². The molecule has 0 spiro atoms. The van der Waals surface area contributed by atoms with Gasteiger partial charge in [-0.3, -0.25) is 0 Å². The number of hydrogen-bond donors (Lipinski definition) is 1. The summed E-state index contributed by atoms with van der Waals surface area (Å²) in [5, 5.41) is 0. The fraction of sp³-hybridized carbons (Fsp3) is 0.571. The van der Waals surface area contributed by atoms with Gasteiger partial charge in [0.05, 0.1) is 12.2 Å². The van der Waals surface area contributed by atoms with Crippen LogP contribution in [0.2, 0.25) is 0 Å². The van der Waals surface area contributed by atoms with Gasteiger partial charge in [0.15, 0.2) is 0 Å². The number of aryl methyl sites for hydroxylation is 1. The monoisotopic (exact) mass is 217 g/mol. The third kappa shape index (κ3) is 1.66.